The summed E-state index contributed by atoms with van der Waals surface area (Å²) in [5.41, 5.74) is 2.84. The molecule has 2 aliphatic rings. The Morgan fingerprint density at radius 1 is 1.17 bits per heavy atom. The third-order valence-electron chi connectivity index (χ3n) is 5.71. The maximum atomic E-state index is 12.8. The van der Waals surface area contributed by atoms with E-state index in [1.807, 2.05) is 18.7 Å². The second kappa shape index (κ2) is 7.79. The third kappa shape index (κ3) is 4.00. The summed E-state index contributed by atoms with van der Waals surface area (Å²) in [7, 11) is -3.23. The molecule has 134 valence electrons. The summed E-state index contributed by atoms with van der Waals surface area (Å²) in [5, 5.41) is -0.304. The summed E-state index contributed by atoms with van der Waals surface area (Å²) < 4.78 is 28.7. The van der Waals surface area contributed by atoms with E-state index in [-0.39, 0.29) is 11.3 Å². The Bertz CT molecular complexity index is 626. The van der Waals surface area contributed by atoms with Crippen LogP contribution in [0.4, 0.5) is 0 Å². The summed E-state index contributed by atoms with van der Waals surface area (Å²) in [6.45, 7) is 3.97. The Morgan fingerprint density at radius 2 is 1.75 bits per heavy atom. The second-order valence-corrected chi connectivity index (χ2v) is 10.8. The zero-order valence-electron chi connectivity index (χ0n) is 14.7. The highest BCUT2D eigenvalue weighted by Gasteiger charge is 2.41. The van der Waals surface area contributed by atoms with Crippen LogP contribution in [0.25, 0.3) is 0 Å². The fraction of sp³-hybridized carbons (Fsp3) is 0.684. The first-order valence-corrected chi connectivity index (χ1v) is 11.9. The molecule has 3 atom stereocenters. The molecule has 1 aromatic carbocycles. The molecule has 0 heterocycles. The predicted molar refractivity (Wildman–Crippen MR) is 103 cm³/mol. The minimum absolute atomic E-state index is 0.115. The van der Waals surface area contributed by atoms with Crippen LogP contribution in [0, 0.1) is 11.8 Å². The van der Waals surface area contributed by atoms with E-state index in [4.69, 9.17) is 0 Å². The van der Waals surface area contributed by atoms with Crippen molar-refractivity contribution in [3.05, 3.63) is 35.4 Å². The minimum Gasteiger partial charge on any atom is -0.212 e. The van der Waals surface area contributed by atoms with Crippen LogP contribution in [-0.2, 0) is 22.9 Å². The van der Waals surface area contributed by atoms with Gasteiger partial charge in [0.25, 0.3) is 0 Å². The first-order valence-electron chi connectivity index (χ1n) is 9.17. The quantitative estimate of drug-likeness (QED) is 0.749. The van der Waals surface area contributed by atoms with Crippen LogP contribution in [0.15, 0.2) is 24.3 Å². The fourth-order valence-corrected chi connectivity index (χ4v) is 6.58. The number of hydrogen-bond donors (Lipinski definition) is 1. The van der Waals surface area contributed by atoms with Crippen LogP contribution >= 0.6 is 11.8 Å². The third-order valence-corrected chi connectivity index (χ3v) is 8.54. The zero-order chi connectivity index (χ0) is 17.2. The van der Waals surface area contributed by atoms with Gasteiger partial charge in [-0.3, -0.25) is 0 Å². The van der Waals surface area contributed by atoms with Gasteiger partial charge in [-0.1, -0.05) is 31.2 Å². The van der Waals surface area contributed by atoms with Crippen LogP contribution in [0.1, 0.15) is 44.2 Å². The van der Waals surface area contributed by atoms with Crippen molar-refractivity contribution in [2.24, 2.45) is 11.8 Å². The maximum absolute atomic E-state index is 12.8. The molecule has 24 heavy (non-hydrogen) atoms. The molecule has 0 aromatic heterocycles. The molecule has 0 radical (unpaired) electrons. The molecule has 0 aliphatic heterocycles. The lowest BCUT2D eigenvalue weighted by atomic mass is 9.94. The van der Waals surface area contributed by atoms with Crippen LogP contribution in [0.3, 0.4) is 0 Å². The number of hydrogen-bond acceptors (Lipinski definition) is 3. The Morgan fingerprint density at radius 3 is 2.29 bits per heavy atom. The Hall–Kier alpha value is -0.520. The van der Waals surface area contributed by atoms with Gasteiger partial charge in [-0.25, -0.2) is 13.1 Å². The van der Waals surface area contributed by atoms with Crippen molar-refractivity contribution in [3.63, 3.8) is 0 Å². The summed E-state index contributed by atoms with van der Waals surface area (Å²) in [5.74, 6) is 2.86. The smallest absolute Gasteiger partial charge is 0.212 e. The lowest BCUT2D eigenvalue weighted by molar-refractivity contribution is 0.384. The van der Waals surface area contributed by atoms with Crippen molar-refractivity contribution in [2.45, 2.75) is 57.2 Å². The minimum atomic E-state index is -3.23. The molecule has 3 unspecified atom stereocenters. The molecule has 3 rings (SSSR count). The summed E-state index contributed by atoms with van der Waals surface area (Å²) in [6, 6.07) is 8.75. The maximum Gasteiger partial charge on any atom is 0.214 e. The van der Waals surface area contributed by atoms with Crippen molar-refractivity contribution >= 4 is 21.8 Å². The average molecular weight is 368 g/mol. The molecule has 1 N–H and O–H groups in total. The highest BCUT2D eigenvalue weighted by Crippen LogP contribution is 2.40. The van der Waals surface area contributed by atoms with Gasteiger partial charge in [0, 0.05) is 6.04 Å². The fourth-order valence-electron chi connectivity index (χ4n) is 4.20. The largest absolute Gasteiger partial charge is 0.214 e. The van der Waals surface area contributed by atoms with Crippen LogP contribution in [0.5, 0.6) is 0 Å². The highest BCUT2D eigenvalue weighted by atomic mass is 32.2. The molecule has 1 saturated carbocycles. The summed E-state index contributed by atoms with van der Waals surface area (Å²) in [4.78, 5) is 0. The molecular formula is C19H29NO2S2. The molecule has 3 nitrogen and oxygen atoms in total. The van der Waals surface area contributed by atoms with Gasteiger partial charge in [0.15, 0.2) is 0 Å². The van der Waals surface area contributed by atoms with Crippen molar-refractivity contribution < 1.29 is 8.42 Å². The monoisotopic (exact) mass is 367 g/mol. The number of thioether (sulfide) groups is 1. The number of fused-ring (bicyclic) bond motifs is 3. The SMILES string of the molecule is CCSCCC(C)S(=O)(=O)NC1C2CCC1Cc1ccccc1C2. The van der Waals surface area contributed by atoms with E-state index in [1.165, 1.54) is 11.1 Å². The Labute approximate surface area is 151 Å². The predicted octanol–water partition coefficient (Wildman–Crippen LogP) is 3.63. The second-order valence-electron chi connectivity index (χ2n) is 7.26. The summed E-state index contributed by atoms with van der Waals surface area (Å²) >= 11 is 1.81. The molecule has 0 spiro atoms. The van der Waals surface area contributed by atoms with Crippen molar-refractivity contribution in [3.8, 4) is 0 Å². The van der Waals surface area contributed by atoms with Gasteiger partial charge in [-0.15, -0.1) is 0 Å². The van der Waals surface area contributed by atoms with E-state index in [2.05, 4.69) is 35.9 Å². The van der Waals surface area contributed by atoms with Gasteiger partial charge >= 0.3 is 0 Å². The molecule has 1 fully saturated rings. The van der Waals surface area contributed by atoms with Crippen molar-refractivity contribution in [2.75, 3.05) is 11.5 Å². The standard InChI is InChI=1S/C19H29NO2S2/c1-3-23-11-10-14(2)24(21,22)20-19-17-8-9-18(19)13-16-7-5-4-6-15(16)12-17/h4-7,14,17-20H,3,8-13H2,1-2H3. The van der Waals surface area contributed by atoms with Crippen LogP contribution in [0.2, 0.25) is 0 Å². The summed E-state index contributed by atoms with van der Waals surface area (Å²) in [6.07, 6.45) is 5.05. The lowest BCUT2D eigenvalue weighted by Crippen LogP contribution is -2.45. The molecular weight excluding hydrogens is 338 g/mol. The molecule has 0 amide bonds. The van der Waals surface area contributed by atoms with Gasteiger partial charge in [-0.2, -0.15) is 11.8 Å². The highest BCUT2D eigenvalue weighted by molar-refractivity contribution is 7.99. The van der Waals surface area contributed by atoms with E-state index in [0.29, 0.717) is 11.8 Å². The number of benzene rings is 1. The van der Waals surface area contributed by atoms with Crippen LogP contribution in [-0.4, -0.2) is 31.2 Å². The van der Waals surface area contributed by atoms with Crippen LogP contribution < -0.4 is 4.72 Å². The molecule has 5 heteroatoms. The van der Waals surface area contributed by atoms with Gasteiger partial charge in [0.2, 0.25) is 10.0 Å². The first-order chi connectivity index (χ1) is 11.5. The number of sulfonamides is 1. The van der Waals surface area contributed by atoms with Gasteiger partial charge in [0.1, 0.15) is 0 Å². The van der Waals surface area contributed by atoms with E-state index >= 15 is 0 Å². The van der Waals surface area contributed by atoms with E-state index in [9.17, 15) is 8.42 Å². The lowest BCUT2D eigenvalue weighted by Gasteiger charge is -2.25. The van der Waals surface area contributed by atoms with E-state index < -0.39 is 10.0 Å². The zero-order valence-corrected chi connectivity index (χ0v) is 16.3. The Kier molecular flexibility index (Phi) is 5.94. The van der Waals surface area contributed by atoms with E-state index in [0.717, 1.165) is 43.6 Å². The van der Waals surface area contributed by atoms with Crippen molar-refractivity contribution in [1.29, 1.82) is 0 Å². The molecule has 2 bridgehead atoms. The van der Waals surface area contributed by atoms with Crippen molar-refractivity contribution in [1.82, 2.24) is 4.72 Å². The Balaban J connectivity index is 1.69. The van der Waals surface area contributed by atoms with Gasteiger partial charge in [0.05, 0.1) is 5.25 Å². The number of rotatable bonds is 7. The average Bonchev–Trinajstić information content (AvgIpc) is 2.81. The van der Waals surface area contributed by atoms with Gasteiger partial charge < -0.3 is 0 Å². The molecule has 0 saturated heterocycles. The number of nitrogens with one attached hydrogen (secondary N) is 1. The normalized spacial score (nSPS) is 27.5. The van der Waals surface area contributed by atoms with Gasteiger partial charge in [-0.05, 0) is 73.5 Å². The topological polar surface area (TPSA) is 46.2 Å². The van der Waals surface area contributed by atoms with E-state index in [1.54, 1.807) is 0 Å². The first kappa shape index (κ1) is 18.3. The molecule has 1 aromatic rings. The molecule has 2 aliphatic carbocycles.